The molecule has 0 amide bonds. The highest BCUT2D eigenvalue weighted by molar-refractivity contribution is 7.86. The zero-order chi connectivity index (χ0) is 13.9. The van der Waals surface area contributed by atoms with Crippen LogP contribution >= 0.6 is 11.6 Å². The van der Waals surface area contributed by atoms with Crippen LogP contribution in [-0.4, -0.2) is 48.6 Å². The summed E-state index contributed by atoms with van der Waals surface area (Å²) in [4.78, 5) is 0. The van der Waals surface area contributed by atoms with Crippen LogP contribution in [0, 0.1) is 5.92 Å². The van der Waals surface area contributed by atoms with Crippen molar-refractivity contribution in [2.45, 2.75) is 51.5 Å². The van der Waals surface area contributed by atoms with Gasteiger partial charge in [0, 0.05) is 31.6 Å². The van der Waals surface area contributed by atoms with E-state index in [1.54, 1.807) is 8.61 Å². The van der Waals surface area contributed by atoms with E-state index in [0.717, 1.165) is 19.3 Å². The molecule has 1 saturated heterocycles. The van der Waals surface area contributed by atoms with Crippen molar-refractivity contribution < 1.29 is 8.42 Å². The first kappa shape index (κ1) is 15.5. The van der Waals surface area contributed by atoms with Gasteiger partial charge in [-0.3, -0.25) is 0 Å². The predicted octanol–water partition coefficient (Wildman–Crippen LogP) is 2.45. The number of alkyl halides is 1. The first-order chi connectivity index (χ1) is 9.09. The summed E-state index contributed by atoms with van der Waals surface area (Å²) in [6.45, 7) is 3.80. The summed E-state index contributed by atoms with van der Waals surface area (Å²) in [5.74, 6) is 0.967. The molecule has 0 radical (unpaired) electrons. The number of hydrogen-bond acceptors (Lipinski definition) is 2. The Morgan fingerprint density at radius 1 is 1.21 bits per heavy atom. The minimum atomic E-state index is -3.32. The summed E-state index contributed by atoms with van der Waals surface area (Å²) in [6, 6.07) is -0.0177. The van der Waals surface area contributed by atoms with Gasteiger partial charge >= 0.3 is 0 Å². The Morgan fingerprint density at radius 2 is 1.95 bits per heavy atom. The number of piperidine rings is 1. The third-order valence-corrected chi connectivity index (χ3v) is 6.90. The van der Waals surface area contributed by atoms with Gasteiger partial charge in [0.05, 0.1) is 0 Å². The average molecular weight is 309 g/mol. The summed E-state index contributed by atoms with van der Waals surface area (Å²) in [7, 11) is -3.32. The van der Waals surface area contributed by atoms with E-state index in [9.17, 15) is 8.42 Å². The third kappa shape index (κ3) is 3.43. The van der Waals surface area contributed by atoms with Crippen LogP contribution in [0.1, 0.15) is 45.4 Å². The number of nitrogens with zero attached hydrogens (tertiary/aromatic N) is 2. The van der Waals surface area contributed by atoms with Gasteiger partial charge in [0.1, 0.15) is 0 Å². The van der Waals surface area contributed by atoms with E-state index in [-0.39, 0.29) is 6.04 Å². The largest absolute Gasteiger partial charge is 0.282 e. The molecule has 1 aliphatic heterocycles. The van der Waals surface area contributed by atoms with Crippen LogP contribution in [0.2, 0.25) is 0 Å². The second-order valence-electron chi connectivity index (χ2n) is 5.67. The lowest BCUT2D eigenvalue weighted by Crippen LogP contribution is -2.52. The maximum Gasteiger partial charge on any atom is 0.282 e. The normalized spacial score (nSPS) is 26.6. The number of halogens is 1. The van der Waals surface area contributed by atoms with Crippen molar-refractivity contribution in [3.05, 3.63) is 0 Å². The lowest BCUT2D eigenvalue weighted by molar-refractivity contribution is 0.215. The van der Waals surface area contributed by atoms with Gasteiger partial charge in [-0.15, -0.1) is 11.6 Å². The molecule has 0 aromatic rings. The molecule has 2 fully saturated rings. The average Bonchev–Trinajstić information content (AvgIpc) is 2.37. The van der Waals surface area contributed by atoms with Crippen molar-refractivity contribution in [1.82, 2.24) is 8.61 Å². The maximum atomic E-state index is 12.8. The molecule has 0 N–H and O–H groups in total. The lowest BCUT2D eigenvalue weighted by Gasteiger charge is -2.39. The van der Waals surface area contributed by atoms with Gasteiger partial charge < -0.3 is 0 Å². The van der Waals surface area contributed by atoms with Gasteiger partial charge in [0.15, 0.2) is 0 Å². The molecule has 1 atom stereocenters. The quantitative estimate of drug-likeness (QED) is 0.707. The lowest BCUT2D eigenvalue weighted by atomic mass is 9.85. The SMILES string of the molecule is CCN(CC1CCC1)S(=O)(=O)N1CCCCC1CCl. The van der Waals surface area contributed by atoms with Crippen molar-refractivity contribution in [2.75, 3.05) is 25.5 Å². The van der Waals surface area contributed by atoms with Gasteiger partial charge in [-0.2, -0.15) is 17.0 Å². The summed E-state index contributed by atoms with van der Waals surface area (Å²) in [6.07, 6.45) is 6.52. The molecule has 2 aliphatic rings. The fourth-order valence-electron chi connectivity index (χ4n) is 2.93. The van der Waals surface area contributed by atoms with Crippen LogP contribution < -0.4 is 0 Å². The van der Waals surface area contributed by atoms with Crippen molar-refractivity contribution >= 4 is 21.8 Å². The van der Waals surface area contributed by atoms with Crippen LogP contribution in [-0.2, 0) is 10.2 Å². The summed E-state index contributed by atoms with van der Waals surface area (Å²) < 4.78 is 28.8. The minimum Gasteiger partial charge on any atom is -0.195 e. The standard InChI is InChI=1S/C13H25ClN2O2S/c1-2-15(11-12-6-5-7-12)19(17,18)16-9-4-3-8-13(16)10-14/h12-13H,2-11H2,1H3. The monoisotopic (exact) mass is 308 g/mol. The Hall–Kier alpha value is 0.160. The van der Waals surface area contributed by atoms with E-state index in [4.69, 9.17) is 11.6 Å². The Bertz CT molecular complexity index is 384. The molecule has 0 spiro atoms. The van der Waals surface area contributed by atoms with Crippen LogP contribution in [0.5, 0.6) is 0 Å². The van der Waals surface area contributed by atoms with Gasteiger partial charge in [-0.05, 0) is 31.6 Å². The van der Waals surface area contributed by atoms with E-state index >= 15 is 0 Å². The summed E-state index contributed by atoms with van der Waals surface area (Å²) in [5, 5.41) is 0. The van der Waals surface area contributed by atoms with Crippen molar-refractivity contribution in [1.29, 1.82) is 0 Å². The van der Waals surface area contributed by atoms with Gasteiger partial charge in [-0.25, -0.2) is 0 Å². The Labute approximate surface area is 122 Å². The zero-order valence-corrected chi connectivity index (χ0v) is 13.3. The van der Waals surface area contributed by atoms with Crippen molar-refractivity contribution in [3.8, 4) is 0 Å². The van der Waals surface area contributed by atoms with Gasteiger partial charge in [0.25, 0.3) is 10.2 Å². The molecular formula is C13H25ClN2O2S. The van der Waals surface area contributed by atoms with Gasteiger partial charge in [0.2, 0.25) is 0 Å². The molecule has 0 aromatic heterocycles. The topological polar surface area (TPSA) is 40.6 Å². The van der Waals surface area contributed by atoms with Crippen LogP contribution in [0.4, 0.5) is 0 Å². The first-order valence-corrected chi connectivity index (χ1v) is 9.35. The molecule has 1 saturated carbocycles. The Balaban J connectivity index is 2.08. The Morgan fingerprint density at radius 3 is 2.47 bits per heavy atom. The van der Waals surface area contributed by atoms with E-state index < -0.39 is 10.2 Å². The first-order valence-electron chi connectivity index (χ1n) is 7.42. The van der Waals surface area contributed by atoms with E-state index in [2.05, 4.69) is 0 Å². The second kappa shape index (κ2) is 6.74. The molecule has 1 unspecified atom stereocenters. The molecule has 2 rings (SSSR count). The van der Waals surface area contributed by atoms with Crippen molar-refractivity contribution in [2.24, 2.45) is 5.92 Å². The fourth-order valence-corrected chi connectivity index (χ4v) is 5.27. The van der Waals surface area contributed by atoms with Crippen LogP contribution in [0.25, 0.3) is 0 Å². The highest BCUT2D eigenvalue weighted by atomic mass is 35.5. The van der Waals surface area contributed by atoms with E-state index in [1.807, 2.05) is 6.92 Å². The molecule has 0 bridgehead atoms. The number of hydrogen-bond donors (Lipinski definition) is 0. The smallest absolute Gasteiger partial charge is 0.195 e. The summed E-state index contributed by atoms with van der Waals surface area (Å²) in [5.41, 5.74) is 0. The second-order valence-corrected chi connectivity index (χ2v) is 7.86. The molecule has 112 valence electrons. The van der Waals surface area contributed by atoms with Crippen molar-refractivity contribution in [3.63, 3.8) is 0 Å². The van der Waals surface area contributed by atoms with E-state index in [0.29, 0.717) is 31.4 Å². The maximum absolute atomic E-state index is 12.8. The molecule has 1 heterocycles. The molecule has 1 aliphatic carbocycles. The zero-order valence-electron chi connectivity index (χ0n) is 11.7. The molecule has 6 heteroatoms. The van der Waals surface area contributed by atoms with Gasteiger partial charge in [-0.1, -0.05) is 19.8 Å². The minimum absolute atomic E-state index is 0.0177. The summed E-state index contributed by atoms with van der Waals surface area (Å²) >= 11 is 5.95. The molecule has 0 aromatic carbocycles. The molecular weight excluding hydrogens is 284 g/mol. The molecule has 19 heavy (non-hydrogen) atoms. The highest BCUT2D eigenvalue weighted by Crippen LogP contribution is 2.30. The predicted molar refractivity (Wildman–Crippen MR) is 78.6 cm³/mol. The molecule has 4 nitrogen and oxygen atoms in total. The third-order valence-electron chi connectivity index (χ3n) is 4.41. The van der Waals surface area contributed by atoms with Crippen LogP contribution in [0.3, 0.4) is 0 Å². The number of rotatable bonds is 6. The fraction of sp³-hybridized carbons (Fsp3) is 1.00. The van der Waals surface area contributed by atoms with Crippen LogP contribution in [0.15, 0.2) is 0 Å². The van der Waals surface area contributed by atoms with E-state index in [1.165, 1.54) is 19.3 Å². The Kier molecular flexibility index (Phi) is 5.52. The highest BCUT2D eigenvalue weighted by Gasteiger charge is 2.36.